The first-order valence-corrected chi connectivity index (χ1v) is 8.27. The van der Waals surface area contributed by atoms with Crippen molar-refractivity contribution < 1.29 is 4.74 Å². The Labute approximate surface area is 119 Å². The number of hydrogen-bond donors (Lipinski definition) is 0. The second-order valence-electron chi connectivity index (χ2n) is 6.26. The van der Waals surface area contributed by atoms with Crippen LogP contribution < -0.4 is 0 Å². The van der Waals surface area contributed by atoms with Gasteiger partial charge in [0, 0.05) is 19.6 Å². The predicted octanol–water partition coefficient (Wildman–Crippen LogP) is 5.26. The third-order valence-electron chi connectivity index (χ3n) is 5.13. The van der Waals surface area contributed by atoms with Gasteiger partial charge in [0.1, 0.15) is 0 Å². The molecule has 0 amide bonds. The second-order valence-corrected chi connectivity index (χ2v) is 6.53. The van der Waals surface area contributed by atoms with E-state index in [1.165, 1.54) is 44.9 Å². The molecule has 1 saturated carbocycles. The summed E-state index contributed by atoms with van der Waals surface area (Å²) in [5, 5.41) is 0. The highest BCUT2D eigenvalue weighted by atomic mass is 35.5. The van der Waals surface area contributed by atoms with Crippen molar-refractivity contribution in [3.63, 3.8) is 0 Å². The number of halogens is 1. The van der Waals surface area contributed by atoms with Crippen molar-refractivity contribution in [3.05, 3.63) is 0 Å². The van der Waals surface area contributed by atoms with E-state index in [4.69, 9.17) is 16.3 Å². The van der Waals surface area contributed by atoms with Crippen LogP contribution in [0.5, 0.6) is 0 Å². The molecule has 1 atom stereocenters. The fraction of sp³-hybridized carbons (Fsp3) is 1.00. The molecule has 108 valence electrons. The number of rotatable bonds is 8. The normalized spacial score (nSPS) is 30.3. The van der Waals surface area contributed by atoms with Crippen molar-refractivity contribution in [2.75, 3.05) is 19.6 Å². The lowest BCUT2D eigenvalue weighted by molar-refractivity contribution is 0.0748. The SMILES string of the molecule is CCCCC1CCC(CCl)(C(C)CCOC)CC1. The van der Waals surface area contributed by atoms with Gasteiger partial charge >= 0.3 is 0 Å². The van der Waals surface area contributed by atoms with Crippen molar-refractivity contribution >= 4 is 11.6 Å². The Morgan fingerprint density at radius 1 is 1.33 bits per heavy atom. The maximum atomic E-state index is 6.32. The van der Waals surface area contributed by atoms with E-state index in [2.05, 4.69) is 13.8 Å². The summed E-state index contributed by atoms with van der Waals surface area (Å²) in [6, 6.07) is 0. The molecule has 0 radical (unpaired) electrons. The number of alkyl halides is 1. The van der Waals surface area contributed by atoms with E-state index in [0.717, 1.165) is 24.8 Å². The van der Waals surface area contributed by atoms with E-state index in [9.17, 15) is 0 Å². The summed E-state index contributed by atoms with van der Waals surface area (Å²) >= 11 is 6.32. The third-order valence-corrected chi connectivity index (χ3v) is 5.67. The smallest absolute Gasteiger partial charge is 0.0465 e. The van der Waals surface area contributed by atoms with E-state index in [1.54, 1.807) is 7.11 Å². The lowest BCUT2D eigenvalue weighted by Gasteiger charge is -2.43. The Morgan fingerprint density at radius 2 is 2.00 bits per heavy atom. The molecule has 0 spiro atoms. The molecule has 1 nitrogen and oxygen atoms in total. The van der Waals surface area contributed by atoms with Gasteiger partial charge in [0.2, 0.25) is 0 Å². The Hall–Kier alpha value is 0.250. The van der Waals surface area contributed by atoms with E-state index in [1.807, 2.05) is 0 Å². The van der Waals surface area contributed by atoms with Crippen LogP contribution in [0.2, 0.25) is 0 Å². The number of methoxy groups -OCH3 is 1. The molecule has 18 heavy (non-hydrogen) atoms. The summed E-state index contributed by atoms with van der Waals surface area (Å²) in [6.45, 7) is 5.53. The van der Waals surface area contributed by atoms with Gasteiger partial charge in [-0.2, -0.15) is 0 Å². The van der Waals surface area contributed by atoms with Crippen LogP contribution in [-0.4, -0.2) is 19.6 Å². The standard InChI is InChI=1S/C16H31ClO/c1-4-5-6-15-7-10-16(13-17,11-8-15)14(2)9-12-18-3/h14-15H,4-13H2,1-3H3. The number of ether oxygens (including phenoxy) is 1. The minimum atomic E-state index is 0.392. The van der Waals surface area contributed by atoms with E-state index in [-0.39, 0.29) is 0 Å². The van der Waals surface area contributed by atoms with Crippen molar-refractivity contribution in [2.45, 2.75) is 65.2 Å². The molecule has 1 aliphatic rings. The topological polar surface area (TPSA) is 9.23 Å². The molecule has 1 rings (SSSR count). The van der Waals surface area contributed by atoms with Crippen LogP contribution >= 0.6 is 11.6 Å². The number of hydrogen-bond acceptors (Lipinski definition) is 1. The Kier molecular flexibility index (Phi) is 7.63. The first-order chi connectivity index (χ1) is 8.68. The van der Waals surface area contributed by atoms with Gasteiger partial charge in [0.25, 0.3) is 0 Å². The average molecular weight is 275 g/mol. The van der Waals surface area contributed by atoms with E-state index >= 15 is 0 Å². The molecule has 0 aromatic rings. The minimum Gasteiger partial charge on any atom is -0.385 e. The molecule has 0 aliphatic heterocycles. The summed E-state index contributed by atoms with van der Waals surface area (Å²) < 4.78 is 5.22. The van der Waals surface area contributed by atoms with Gasteiger partial charge in [-0.15, -0.1) is 11.6 Å². The van der Waals surface area contributed by atoms with Crippen LogP contribution in [0.4, 0.5) is 0 Å². The maximum Gasteiger partial charge on any atom is 0.0465 e. The van der Waals surface area contributed by atoms with Crippen molar-refractivity contribution in [1.29, 1.82) is 0 Å². The zero-order chi connectivity index (χ0) is 13.4. The predicted molar refractivity (Wildman–Crippen MR) is 80.3 cm³/mol. The van der Waals surface area contributed by atoms with Gasteiger partial charge in [-0.25, -0.2) is 0 Å². The molecule has 0 saturated heterocycles. The first kappa shape index (κ1) is 16.3. The van der Waals surface area contributed by atoms with Crippen molar-refractivity contribution in [2.24, 2.45) is 17.3 Å². The largest absolute Gasteiger partial charge is 0.385 e. The first-order valence-electron chi connectivity index (χ1n) is 7.73. The highest BCUT2D eigenvalue weighted by Gasteiger charge is 2.38. The van der Waals surface area contributed by atoms with Crippen LogP contribution in [0.15, 0.2) is 0 Å². The van der Waals surface area contributed by atoms with Gasteiger partial charge in [-0.05, 0) is 49.4 Å². The Balaban J connectivity index is 2.43. The molecule has 1 unspecified atom stereocenters. The van der Waals surface area contributed by atoms with Gasteiger partial charge in [0.15, 0.2) is 0 Å². The zero-order valence-corrected chi connectivity index (χ0v) is 13.3. The molecule has 2 heteroatoms. The molecular formula is C16H31ClO. The fourth-order valence-electron chi connectivity index (χ4n) is 3.39. The van der Waals surface area contributed by atoms with Crippen molar-refractivity contribution in [3.8, 4) is 0 Å². The zero-order valence-electron chi connectivity index (χ0n) is 12.5. The van der Waals surface area contributed by atoms with Gasteiger partial charge in [-0.1, -0.05) is 33.1 Å². The molecular weight excluding hydrogens is 244 g/mol. The van der Waals surface area contributed by atoms with Crippen LogP contribution in [0.25, 0.3) is 0 Å². The fourth-order valence-corrected chi connectivity index (χ4v) is 3.92. The lowest BCUT2D eigenvalue weighted by atomic mass is 9.64. The summed E-state index contributed by atoms with van der Waals surface area (Å²) in [5.41, 5.74) is 0.392. The van der Waals surface area contributed by atoms with Crippen LogP contribution in [-0.2, 0) is 4.74 Å². The van der Waals surface area contributed by atoms with Gasteiger partial charge in [0.05, 0.1) is 0 Å². The van der Waals surface area contributed by atoms with Gasteiger partial charge < -0.3 is 4.74 Å². The summed E-state index contributed by atoms with van der Waals surface area (Å²) in [4.78, 5) is 0. The second kappa shape index (κ2) is 8.43. The molecule has 0 N–H and O–H groups in total. The summed E-state index contributed by atoms with van der Waals surface area (Å²) in [7, 11) is 1.79. The van der Waals surface area contributed by atoms with Crippen LogP contribution in [0.1, 0.15) is 65.2 Å². The van der Waals surface area contributed by atoms with Crippen LogP contribution in [0, 0.1) is 17.3 Å². The molecule has 0 aromatic carbocycles. The molecule has 0 bridgehead atoms. The third kappa shape index (κ3) is 4.42. The highest BCUT2D eigenvalue weighted by Crippen LogP contribution is 2.47. The molecule has 1 fully saturated rings. The van der Waals surface area contributed by atoms with Crippen LogP contribution in [0.3, 0.4) is 0 Å². The molecule has 0 aromatic heterocycles. The maximum absolute atomic E-state index is 6.32. The van der Waals surface area contributed by atoms with Crippen molar-refractivity contribution in [1.82, 2.24) is 0 Å². The molecule has 1 aliphatic carbocycles. The average Bonchev–Trinajstić information content (AvgIpc) is 2.43. The quantitative estimate of drug-likeness (QED) is 0.548. The highest BCUT2D eigenvalue weighted by molar-refractivity contribution is 6.18. The monoisotopic (exact) mass is 274 g/mol. The van der Waals surface area contributed by atoms with Gasteiger partial charge in [-0.3, -0.25) is 0 Å². The Bertz CT molecular complexity index is 209. The van der Waals surface area contributed by atoms with E-state index in [0.29, 0.717) is 11.3 Å². The summed E-state index contributed by atoms with van der Waals surface area (Å²) in [5.74, 6) is 2.50. The number of unbranched alkanes of at least 4 members (excludes halogenated alkanes) is 1. The Morgan fingerprint density at radius 3 is 2.50 bits per heavy atom. The minimum absolute atomic E-state index is 0.392. The lowest BCUT2D eigenvalue weighted by Crippen LogP contribution is -2.36. The molecule has 0 heterocycles. The van der Waals surface area contributed by atoms with E-state index < -0.39 is 0 Å². The summed E-state index contributed by atoms with van der Waals surface area (Å²) in [6.07, 6.45) is 10.8.